The molecule has 2 heterocycles. The Balaban J connectivity index is 2.22. The monoisotopic (exact) mass is 320 g/mol. The molecule has 0 saturated carbocycles. The number of nitrogens with zero attached hydrogens (tertiary/aromatic N) is 2. The number of rotatable bonds is 2. The first-order chi connectivity index (χ1) is 9.19. The molecule has 1 aromatic carbocycles. The summed E-state index contributed by atoms with van der Waals surface area (Å²) in [7, 11) is 1.68. The molecular formula is C15H17BrN2O. The van der Waals surface area contributed by atoms with Crippen molar-refractivity contribution in [2.45, 2.75) is 19.8 Å². The maximum absolute atomic E-state index is 5.36. The summed E-state index contributed by atoms with van der Waals surface area (Å²) in [6, 6.07) is 6.31. The van der Waals surface area contributed by atoms with E-state index in [4.69, 9.17) is 4.74 Å². The summed E-state index contributed by atoms with van der Waals surface area (Å²) >= 11 is 3.57. The minimum Gasteiger partial charge on any atom is -0.495 e. The molecule has 0 aliphatic carbocycles. The predicted octanol–water partition coefficient (Wildman–Crippen LogP) is 3.91. The van der Waals surface area contributed by atoms with Crippen molar-refractivity contribution in [1.29, 1.82) is 0 Å². The third kappa shape index (κ3) is 2.29. The number of hydrogen-bond donors (Lipinski definition) is 0. The molecule has 1 saturated heterocycles. The van der Waals surface area contributed by atoms with E-state index in [1.165, 1.54) is 23.9 Å². The van der Waals surface area contributed by atoms with Crippen molar-refractivity contribution >= 4 is 32.5 Å². The third-order valence-electron chi connectivity index (χ3n) is 3.64. The molecule has 2 aromatic rings. The van der Waals surface area contributed by atoms with E-state index >= 15 is 0 Å². The number of aryl methyl sites for hydroxylation is 1. The van der Waals surface area contributed by atoms with Crippen LogP contribution in [0.2, 0.25) is 0 Å². The van der Waals surface area contributed by atoms with Gasteiger partial charge in [-0.25, -0.2) is 0 Å². The van der Waals surface area contributed by atoms with Crippen molar-refractivity contribution < 1.29 is 4.74 Å². The fourth-order valence-electron chi connectivity index (χ4n) is 2.71. The molecule has 0 atom stereocenters. The molecule has 3 rings (SSSR count). The summed E-state index contributed by atoms with van der Waals surface area (Å²) in [6.45, 7) is 4.33. The zero-order chi connectivity index (χ0) is 13.4. The van der Waals surface area contributed by atoms with Gasteiger partial charge in [-0.2, -0.15) is 0 Å². The number of benzene rings is 1. The molecule has 100 valence electrons. The predicted molar refractivity (Wildman–Crippen MR) is 82.2 cm³/mol. The number of aromatic nitrogens is 1. The van der Waals surface area contributed by atoms with Gasteiger partial charge in [-0.15, -0.1) is 0 Å². The first kappa shape index (κ1) is 12.7. The molecule has 1 aromatic heterocycles. The van der Waals surface area contributed by atoms with Crippen LogP contribution in [0.5, 0.6) is 5.75 Å². The summed E-state index contributed by atoms with van der Waals surface area (Å²) in [5, 5.41) is 1.19. The standard InChI is InChI=1S/C15H17BrN2O/c1-10-7-14(18-5-3-4-6-18)11-8-12(16)15(19-2)9-13(11)17-10/h7-9H,3-6H2,1-2H3. The van der Waals surface area contributed by atoms with Gasteiger partial charge in [0.2, 0.25) is 0 Å². The second kappa shape index (κ2) is 5.00. The zero-order valence-electron chi connectivity index (χ0n) is 11.2. The number of methoxy groups -OCH3 is 1. The van der Waals surface area contributed by atoms with E-state index in [2.05, 4.69) is 37.9 Å². The van der Waals surface area contributed by atoms with E-state index in [0.29, 0.717) is 0 Å². The van der Waals surface area contributed by atoms with Gasteiger partial charge in [0.1, 0.15) is 5.75 Å². The van der Waals surface area contributed by atoms with Crippen LogP contribution >= 0.6 is 15.9 Å². The Morgan fingerprint density at radius 3 is 2.63 bits per heavy atom. The maximum Gasteiger partial charge on any atom is 0.135 e. The summed E-state index contributed by atoms with van der Waals surface area (Å²) in [5.74, 6) is 0.831. The summed E-state index contributed by atoms with van der Waals surface area (Å²) < 4.78 is 6.34. The van der Waals surface area contributed by atoms with Crippen molar-refractivity contribution in [1.82, 2.24) is 4.98 Å². The van der Waals surface area contributed by atoms with Crippen LogP contribution in [0.1, 0.15) is 18.5 Å². The molecule has 19 heavy (non-hydrogen) atoms. The lowest BCUT2D eigenvalue weighted by Crippen LogP contribution is -2.18. The molecule has 3 nitrogen and oxygen atoms in total. The fraction of sp³-hybridized carbons (Fsp3) is 0.400. The van der Waals surface area contributed by atoms with Crippen molar-refractivity contribution in [3.63, 3.8) is 0 Å². The first-order valence-electron chi connectivity index (χ1n) is 6.59. The van der Waals surface area contributed by atoms with Gasteiger partial charge in [0.05, 0.1) is 17.1 Å². The maximum atomic E-state index is 5.36. The normalized spacial score (nSPS) is 15.2. The van der Waals surface area contributed by atoms with E-state index in [9.17, 15) is 0 Å². The molecule has 0 spiro atoms. The van der Waals surface area contributed by atoms with Crippen LogP contribution in [0.15, 0.2) is 22.7 Å². The third-order valence-corrected chi connectivity index (χ3v) is 4.25. The van der Waals surface area contributed by atoms with Crippen LogP contribution in [-0.4, -0.2) is 25.2 Å². The van der Waals surface area contributed by atoms with Gasteiger partial charge in [0.15, 0.2) is 0 Å². The number of anilines is 1. The molecule has 0 unspecified atom stereocenters. The second-order valence-corrected chi connectivity index (χ2v) is 5.84. The van der Waals surface area contributed by atoms with Crippen molar-refractivity contribution in [3.8, 4) is 5.75 Å². The Morgan fingerprint density at radius 1 is 1.21 bits per heavy atom. The SMILES string of the molecule is COc1cc2nc(C)cc(N3CCCC3)c2cc1Br. The van der Waals surface area contributed by atoms with Gasteiger partial charge in [0.25, 0.3) is 0 Å². The second-order valence-electron chi connectivity index (χ2n) is 4.98. The van der Waals surface area contributed by atoms with E-state index in [0.717, 1.165) is 34.5 Å². The number of ether oxygens (including phenoxy) is 1. The Morgan fingerprint density at radius 2 is 1.95 bits per heavy atom. The molecule has 0 N–H and O–H groups in total. The van der Waals surface area contributed by atoms with Crippen LogP contribution in [0.3, 0.4) is 0 Å². The molecule has 1 aliphatic rings. The smallest absolute Gasteiger partial charge is 0.135 e. The van der Waals surface area contributed by atoms with Crippen LogP contribution < -0.4 is 9.64 Å². The van der Waals surface area contributed by atoms with Gasteiger partial charge >= 0.3 is 0 Å². The topological polar surface area (TPSA) is 25.4 Å². The van der Waals surface area contributed by atoms with E-state index in [1.807, 2.05) is 13.0 Å². The zero-order valence-corrected chi connectivity index (χ0v) is 12.8. The fourth-order valence-corrected chi connectivity index (χ4v) is 3.22. The lowest BCUT2D eigenvalue weighted by molar-refractivity contribution is 0.412. The molecule has 0 amide bonds. The molecular weight excluding hydrogens is 304 g/mol. The summed E-state index contributed by atoms with van der Waals surface area (Å²) in [5.41, 5.74) is 3.35. The van der Waals surface area contributed by atoms with Crippen LogP contribution in [0, 0.1) is 6.92 Å². The molecule has 0 bridgehead atoms. The van der Waals surface area contributed by atoms with Gasteiger partial charge < -0.3 is 9.64 Å². The molecule has 1 aliphatic heterocycles. The first-order valence-corrected chi connectivity index (χ1v) is 7.38. The highest BCUT2D eigenvalue weighted by Crippen LogP contribution is 2.35. The highest BCUT2D eigenvalue weighted by molar-refractivity contribution is 9.10. The Hall–Kier alpha value is -1.29. The summed E-state index contributed by atoms with van der Waals surface area (Å²) in [4.78, 5) is 7.08. The van der Waals surface area contributed by atoms with Gasteiger partial charge in [-0.1, -0.05) is 0 Å². The molecule has 0 radical (unpaired) electrons. The average molecular weight is 321 g/mol. The molecule has 1 fully saturated rings. The minimum atomic E-state index is 0.831. The van der Waals surface area contributed by atoms with Gasteiger partial charge in [0, 0.05) is 35.9 Å². The Bertz CT molecular complexity index is 621. The lowest BCUT2D eigenvalue weighted by atomic mass is 10.1. The minimum absolute atomic E-state index is 0.831. The quantitative estimate of drug-likeness (QED) is 0.838. The number of hydrogen-bond acceptors (Lipinski definition) is 3. The number of pyridine rings is 1. The van der Waals surface area contributed by atoms with E-state index in [-0.39, 0.29) is 0 Å². The van der Waals surface area contributed by atoms with Crippen LogP contribution in [-0.2, 0) is 0 Å². The Labute approximate surface area is 121 Å². The van der Waals surface area contributed by atoms with E-state index < -0.39 is 0 Å². The number of fused-ring (bicyclic) bond motifs is 1. The largest absolute Gasteiger partial charge is 0.495 e. The highest BCUT2D eigenvalue weighted by Gasteiger charge is 2.17. The van der Waals surface area contributed by atoms with Gasteiger partial charge in [-0.05, 0) is 47.8 Å². The highest BCUT2D eigenvalue weighted by atomic mass is 79.9. The summed E-state index contributed by atoms with van der Waals surface area (Å²) in [6.07, 6.45) is 2.56. The molecule has 4 heteroatoms. The van der Waals surface area contributed by atoms with Crippen molar-refractivity contribution in [3.05, 3.63) is 28.4 Å². The van der Waals surface area contributed by atoms with Crippen molar-refractivity contribution in [2.75, 3.05) is 25.1 Å². The average Bonchev–Trinajstić information content (AvgIpc) is 2.91. The van der Waals surface area contributed by atoms with Crippen molar-refractivity contribution in [2.24, 2.45) is 0 Å². The van der Waals surface area contributed by atoms with Crippen LogP contribution in [0.25, 0.3) is 10.9 Å². The number of halogens is 1. The van der Waals surface area contributed by atoms with E-state index in [1.54, 1.807) is 7.11 Å². The van der Waals surface area contributed by atoms with Gasteiger partial charge in [-0.3, -0.25) is 4.98 Å². The lowest BCUT2D eigenvalue weighted by Gasteiger charge is -2.20. The Kier molecular flexibility index (Phi) is 3.35. The van der Waals surface area contributed by atoms with Crippen LogP contribution in [0.4, 0.5) is 5.69 Å².